The number of rotatable bonds is 5. The van der Waals surface area contributed by atoms with E-state index < -0.39 is 10.1 Å². The van der Waals surface area contributed by atoms with Gasteiger partial charge in [0.2, 0.25) is 0 Å². The van der Waals surface area contributed by atoms with Crippen molar-refractivity contribution in [1.29, 1.82) is 0 Å². The summed E-state index contributed by atoms with van der Waals surface area (Å²) in [6.45, 7) is 0. The molecule has 2 N–H and O–H groups in total. The van der Waals surface area contributed by atoms with Gasteiger partial charge in [0.1, 0.15) is 4.32 Å². The molecule has 0 aromatic rings. The van der Waals surface area contributed by atoms with E-state index in [1.807, 2.05) is 14.1 Å². The van der Waals surface area contributed by atoms with Gasteiger partial charge in [0.05, 0.1) is 5.75 Å². The summed E-state index contributed by atoms with van der Waals surface area (Å²) >= 11 is 6.28. The zero-order valence-corrected chi connectivity index (χ0v) is 13.5. The molecule has 85 valence electrons. The molecule has 9 heteroatoms. The Balaban J connectivity index is 0. The normalized spacial score (nSPS) is 10.9. The van der Waals surface area contributed by atoms with Crippen LogP contribution in [0, 0.1) is 0 Å². The Morgan fingerprint density at radius 3 is 2.47 bits per heavy atom. The van der Waals surface area contributed by atoms with Crippen LogP contribution in [0.2, 0.25) is 0 Å². The average molecular weight is 281 g/mol. The van der Waals surface area contributed by atoms with Crippen molar-refractivity contribution in [1.82, 2.24) is 10.4 Å². The molecule has 0 amide bonds. The molecule has 0 bridgehead atoms. The van der Waals surface area contributed by atoms with Gasteiger partial charge in [-0.05, 0) is 6.42 Å². The Bertz CT molecular complexity index is 281. The Morgan fingerprint density at radius 1 is 1.53 bits per heavy atom. The molecule has 0 aromatic carbocycles. The molecule has 5 nitrogen and oxygen atoms in total. The summed E-state index contributed by atoms with van der Waals surface area (Å²) in [6.07, 6.45) is 0.388. The van der Waals surface area contributed by atoms with Gasteiger partial charge < -0.3 is 5.43 Å². The molecule has 0 saturated carbocycles. The van der Waals surface area contributed by atoms with Crippen LogP contribution in [0.4, 0.5) is 0 Å². The molecule has 0 aliphatic heterocycles. The molecule has 0 heterocycles. The summed E-state index contributed by atoms with van der Waals surface area (Å²) in [5.41, 5.74) is 2.86. The SMILES string of the molecule is CN(C)NC(=S)SCCCS(=O)(=O)O.[Na]. The van der Waals surface area contributed by atoms with E-state index in [2.05, 4.69) is 5.43 Å². The van der Waals surface area contributed by atoms with E-state index >= 15 is 0 Å². The van der Waals surface area contributed by atoms with E-state index in [0.29, 0.717) is 16.5 Å². The predicted octanol–water partition coefficient (Wildman–Crippen LogP) is -0.0322. The first kappa shape index (κ1) is 18.5. The zero-order valence-electron chi connectivity index (χ0n) is 9.06. The van der Waals surface area contributed by atoms with Crippen molar-refractivity contribution in [2.24, 2.45) is 0 Å². The second-order valence-corrected chi connectivity index (χ2v) is 6.13. The maximum absolute atomic E-state index is 10.3. The third-order valence-corrected chi connectivity index (χ3v) is 3.19. The summed E-state index contributed by atoms with van der Waals surface area (Å²) < 4.78 is 29.7. The number of hydrazine groups is 1. The second kappa shape index (κ2) is 9.17. The van der Waals surface area contributed by atoms with Crippen LogP contribution in [-0.2, 0) is 10.1 Å². The van der Waals surface area contributed by atoms with E-state index in [4.69, 9.17) is 16.8 Å². The Labute approximate surface area is 122 Å². The second-order valence-electron chi connectivity index (χ2n) is 2.78. The monoisotopic (exact) mass is 281 g/mol. The summed E-state index contributed by atoms with van der Waals surface area (Å²) in [6, 6.07) is 0. The first-order valence-electron chi connectivity index (χ1n) is 3.87. The van der Waals surface area contributed by atoms with Crippen molar-refractivity contribution in [3.05, 3.63) is 0 Å². The Hall–Kier alpha value is 1.11. The molecule has 0 aromatic heterocycles. The molecule has 0 fully saturated rings. The van der Waals surface area contributed by atoms with Crippen LogP contribution in [0.1, 0.15) is 6.42 Å². The summed E-state index contributed by atoms with van der Waals surface area (Å²) in [4.78, 5) is 0. The van der Waals surface area contributed by atoms with E-state index in [0.717, 1.165) is 0 Å². The van der Waals surface area contributed by atoms with Crippen molar-refractivity contribution >= 4 is 68.0 Å². The number of nitrogens with one attached hydrogen (secondary N) is 1. The molecule has 0 saturated heterocycles. The van der Waals surface area contributed by atoms with Gasteiger partial charge in [-0.1, -0.05) is 24.0 Å². The number of hydrogen-bond donors (Lipinski definition) is 2. The van der Waals surface area contributed by atoms with Crippen LogP contribution in [0.25, 0.3) is 0 Å². The number of thiocarbonyl (C=S) groups is 1. The Morgan fingerprint density at radius 2 is 2.07 bits per heavy atom. The smallest absolute Gasteiger partial charge is 0.264 e. The van der Waals surface area contributed by atoms with E-state index in [1.54, 1.807) is 5.01 Å². The molecule has 0 atom stereocenters. The van der Waals surface area contributed by atoms with Gasteiger partial charge in [-0.3, -0.25) is 4.55 Å². The number of nitrogens with zero attached hydrogens (tertiary/aromatic N) is 1. The average Bonchev–Trinajstić information content (AvgIpc) is 1.95. The van der Waals surface area contributed by atoms with Gasteiger partial charge in [0.25, 0.3) is 10.1 Å². The van der Waals surface area contributed by atoms with Gasteiger partial charge >= 0.3 is 0 Å². The van der Waals surface area contributed by atoms with E-state index in [1.165, 1.54) is 11.8 Å². The van der Waals surface area contributed by atoms with E-state index in [9.17, 15) is 8.42 Å². The van der Waals surface area contributed by atoms with Gasteiger partial charge in [-0.15, -0.1) is 0 Å². The third kappa shape index (κ3) is 15.1. The van der Waals surface area contributed by atoms with Gasteiger partial charge in [-0.2, -0.15) is 8.42 Å². The molecule has 15 heavy (non-hydrogen) atoms. The van der Waals surface area contributed by atoms with Crippen LogP contribution < -0.4 is 5.43 Å². The van der Waals surface area contributed by atoms with Gasteiger partial charge in [-0.25, -0.2) is 5.01 Å². The van der Waals surface area contributed by atoms with Gasteiger partial charge in [0.15, 0.2) is 0 Å². The first-order chi connectivity index (χ1) is 6.31. The fourth-order valence-corrected chi connectivity index (χ4v) is 2.47. The summed E-state index contributed by atoms with van der Waals surface area (Å²) in [7, 11) is -0.211. The first-order valence-corrected chi connectivity index (χ1v) is 6.87. The van der Waals surface area contributed by atoms with Crippen LogP contribution in [-0.4, -0.2) is 77.5 Å². The van der Waals surface area contributed by atoms with Crippen molar-refractivity contribution in [2.75, 3.05) is 25.6 Å². The van der Waals surface area contributed by atoms with Crippen LogP contribution >= 0.6 is 24.0 Å². The number of hydrogen-bond acceptors (Lipinski definition) is 5. The van der Waals surface area contributed by atoms with Crippen molar-refractivity contribution in [3.63, 3.8) is 0 Å². The third-order valence-electron chi connectivity index (χ3n) is 1.09. The summed E-state index contributed by atoms with van der Waals surface area (Å²) in [5, 5.41) is 1.71. The minimum absolute atomic E-state index is 0. The van der Waals surface area contributed by atoms with Crippen LogP contribution in [0.3, 0.4) is 0 Å². The standard InChI is InChI=1S/C6H14N2O3S3.Na/c1-8(2)7-6(12)13-4-3-5-14(9,10)11;/h3-5H2,1-2H3,(H,7,12)(H,9,10,11);. The fourth-order valence-electron chi connectivity index (χ4n) is 0.621. The predicted molar refractivity (Wildman–Crippen MR) is 68.7 cm³/mol. The fraction of sp³-hybridized carbons (Fsp3) is 0.833. The minimum Gasteiger partial charge on any atom is -0.305 e. The topological polar surface area (TPSA) is 69.6 Å². The molecule has 0 aliphatic rings. The minimum atomic E-state index is -3.83. The quantitative estimate of drug-likeness (QED) is 0.241. The van der Waals surface area contributed by atoms with Crippen LogP contribution in [0.15, 0.2) is 0 Å². The molecule has 0 rings (SSSR count). The van der Waals surface area contributed by atoms with Crippen LogP contribution in [0.5, 0.6) is 0 Å². The molecular weight excluding hydrogens is 267 g/mol. The largest absolute Gasteiger partial charge is 0.305 e. The zero-order chi connectivity index (χ0) is 11.2. The van der Waals surface area contributed by atoms with Crippen molar-refractivity contribution in [3.8, 4) is 0 Å². The number of thioether (sulfide) groups is 1. The molecular formula is C6H14N2NaO3S3. The molecule has 0 spiro atoms. The maximum atomic E-state index is 10.3. The molecule has 1 radical (unpaired) electrons. The Kier molecular flexibility index (Phi) is 11.3. The maximum Gasteiger partial charge on any atom is 0.264 e. The molecule has 0 unspecified atom stereocenters. The van der Waals surface area contributed by atoms with Gasteiger partial charge in [0, 0.05) is 49.4 Å². The molecule has 0 aliphatic carbocycles. The van der Waals surface area contributed by atoms with Crippen molar-refractivity contribution in [2.45, 2.75) is 6.42 Å². The summed E-state index contributed by atoms with van der Waals surface area (Å²) in [5.74, 6) is 0.351. The van der Waals surface area contributed by atoms with E-state index in [-0.39, 0.29) is 35.3 Å². The van der Waals surface area contributed by atoms with Crippen molar-refractivity contribution < 1.29 is 13.0 Å².